The summed E-state index contributed by atoms with van der Waals surface area (Å²) in [5.41, 5.74) is 5.85. The van der Waals surface area contributed by atoms with Crippen molar-refractivity contribution in [2.24, 2.45) is 5.73 Å². The van der Waals surface area contributed by atoms with Gasteiger partial charge < -0.3 is 36.7 Å². The lowest BCUT2D eigenvalue weighted by Gasteiger charge is -2.46. The highest BCUT2D eigenvalue weighted by molar-refractivity contribution is 4.82. The van der Waals surface area contributed by atoms with Gasteiger partial charge in [-0.05, 0) is 70.8 Å². The zero-order chi connectivity index (χ0) is 35.4. The average Bonchev–Trinajstić information content (AvgIpc) is 3.11. The quantitative estimate of drug-likeness (QED) is 0.0296. The van der Waals surface area contributed by atoms with Gasteiger partial charge in [0.2, 0.25) is 0 Å². The van der Waals surface area contributed by atoms with Crippen LogP contribution in [0.2, 0.25) is 0 Å². The van der Waals surface area contributed by atoms with Gasteiger partial charge in [-0.3, -0.25) is 0 Å². The van der Waals surface area contributed by atoms with Gasteiger partial charge in [0, 0.05) is 6.42 Å². The van der Waals surface area contributed by atoms with Crippen LogP contribution in [0.3, 0.4) is 0 Å². The molecule has 0 radical (unpaired) electrons. The van der Waals surface area contributed by atoms with Crippen LogP contribution >= 0.6 is 0 Å². The summed E-state index contributed by atoms with van der Waals surface area (Å²) in [6.45, 7) is 10.5. The van der Waals surface area contributed by atoms with Crippen LogP contribution in [0.1, 0.15) is 213 Å². The number of allylic oxidation sites excluding steroid dienone is 4. The highest BCUT2D eigenvalue weighted by Gasteiger charge is 2.42. The van der Waals surface area contributed by atoms with Crippen molar-refractivity contribution >= 4 is 0 Å². The fourth-order valence-corrected chi connectivity index (χ4v) is 7.36. The maximum absolute atomic E-state index is 6.64. The lowest BCUT2D eigenvalue weighted by molar-refractivity contribution is -0.918. The molecule has 0 aliphatic carbocycles. The molecule has 0 bridgehead atoms. The Morgan fingerprint density at radius 2 is 0.800 bits per heavy atom. The number of nitrogens with zero attached hydrogens (tertiary/aromatic N) is 1. The van der Waals surface area contributed by atoms with Crippen LogP contribution in [0.25, 0.3) is 0 Å². The molecule has 1 saturated heterocycles. The maximum Gasteiger partial charge on any atom is 0.178 e. The zero-order valence-corrected chi connectivity index (χ0v) is 35.8. The highest BCUT2D eigenvalue weighted by Crippen LogP contribution is 2.32. The van der Waals surface area contributed by atoms with Crippen molar-refractivity contribution in [3.63, 3.8) is 0 Å². The first-order chi connectivity index (χ1) is 24.1. The van der Waals surface area contributed by atoms with Gasteiger partial charge in [-0.15, -0.1) is 0 Å². The molecule has 1 fully saturated rings. The molecule has 2 N–H and O–H groups in total. The van der Waals surface area contributed by atoms with E-state index in [1.807, 2.05) is 0 Å². The van der Waals surface area contributed by atoms with E-state index in [-0.39, 0.29) is 22.8 Å². The monoisotopic (exact) mass is 769 g/mol. The van der Waals surface area contributed by atoms with Crippen LogP contribution < -0.4 is 22.7 Å². The number of hydrogen-bond acceptors (Lipinski definition) is 3. The van der Waals surface area contributed by atoms with Gasteiger partial charge in [0.1, 0.15) is 0 Å². The number of rotatable bonds is 37. The smallest absolute Gasteiger partial charge is 0.178 e. The van der Waals surface area contributed by atoms with E-state index in [0.717, 1.165) is 69.4 Å². The number of hydrogen-bond donors (Lipinski definition) is 1. The molecular formula is C45H89BrN2O2. The molecule has 1 aliphatic rings. The molecule has 50 heavy (non-hydrogen) atoms. The standard InChI is InChI=1S/C45H89N2O2.BrH/c1-4-6-8-10-12-14-16-18-20-22-24-26-28-30-32-34-43-48-45(37-41-47(3,42-38-45)40-36-39-46)49-44-35-33-31-29-27-25-23-21-19-17-15-13-11-9-7-5-2;/h18-21H,4-17,22-44,46H2,1-3H3;1H/q+1;/p-1. The minimum Gasteiger partial charge on any atom is -1.00 e. The molecular weight excluding hydrogens is 680 g/mol. The fraction of sp³-hybridized carbons (Fsp3) is 0.911. The van der Waals surface area contributed by atoms with Gasteiger partial charge in [0.15, 0.2) is 5.79 Å². The van der Waals surface area contributed by atoms with Gasteiger partial charge in [-0.1, -0.05) is 154 Å². The lowest BCUT2D eigenvalue weighted by Crippen LogP contribution is -3.00. The highest BCUT2D eigenvalue weighted by atomic mass is 79.9. The summed E-state index contributed by atoms with van der Waals surface area (Å²) in [7, 11) is 2.40. The number of halogens is 1. The van der Waals surface area contributed by atoms with Crippen LogP contribution in [0.5, 0.6) is 0 Å². The third-order valence-corrected chi connectivity index (χ3v) is 11.0. The average molecular weight is 770 g/mol. The second-order valence-electron chi connectivity index (χ2n) is 15.9. The summed E-state index contributed by atoms with van der Waals surface area (Å²) in [6.07, 6.45) is 50.4. The van der Waals surface area contributed by atoms with Crippen molar-refractivity contribution in [3.05, 3.63) is 24.3 Å². The van der Waals surface area contributed by atoms with Gasteiger partial charge in [0.25, 0.3) is 0 Å². The molecule has 0 aromatic carbocycles. The van der Waals surface area contributed by atoms with Gasteiger partial charge >= 0.3 is 0 Å². The summed E-state index contributed by atoms with van der Waals surface area (Å²) < 4.78 is 14.4. The van der Waals surface area contributed by atoms with Gasteiger partial charge in [-0.2, -0.15) is 0 Å². The molecule has 1 rings (SSSR count). The predicted octanol–water partition coefficient (Wildman–Crippen LogP) is 10.4. The van der Waals surface area contributed by atoms with E-state index in [1.54, 1.807) is 0 Å². The summed E-state index contributed by atoms with van der Waals surface area (Å²) >= 11 is 0. The largest absolute Gasteiger partial charge is 1.00 e. The normalized spacial score (nSPS) is 19.5. The SMILES string of the molecule is CCCCCCCCC=CCCCCCCCCOC1(OCCCCCCCCC=CCCCCCCCC)CC[N+](C)(CCCN)CC1.[Br-]. The molecule has 0 amide bonds. The van der Waals surface area contributed by atoms with Crippen LogP contribution in [-0.2, 0) is 9.47 Å². The van der Waals surface area contributed by atoms with E-state index >= 15 is 0 Å². The number of unbranched alkanes of at least 4 members (excludes halogenated alkanes) is 24. The third-order valence-electron chi connectivity index (χ3n) is 11.0. The molecule has 0 spiro atoms. The van der Waals surface area contributed by atoms with Crippen molar-refractivity contribution in [2.75, 3.05) is 46.4 Å². The van der Waals surface area contributed by atoms with Crippen molar-refractivity contribution in [1.82, 2.24) is 0 Å². The first-order valence-corrected chi connectivity index (χ1v) is 22.2. The fourth-order valence-electron chi connectivity index (χ4n) is 7.36. The van der Waals surface area contributed by atoms with Gasteiger partial charge in [-0.25, -0.2) is 0 Å². The Balaban J connectivity index is 0.0000240. The molecule has 0 unspecified atom stereocenters. The molecule has 0 atom stereocenters. The van der Waals surface area contributed by atoms with Crippen LogP contribution in [0.15, 0.2) is 24.3 Å². The summed E-state index contributed by atoms with van der Waals surface area (Å²) in [4.78, 5) is 0. The third kappa shape index (κ3) is 30.3. The Morgan fingerprint density at radius 3 is 1.14 bits per heavy atom. The molecule has 1 aliphatic heterocycles. The number of quaternary nitrogens is 1. The van der Waals surface area contributed by atoms with E-state index in [4.69, 9.17) is 15.2 Å². The Hall–Kier alpha value is -0.200. The maximum atomic E-state index is 6.64. The summed E-state index contributed by atoms with van der Waals surface area (Å²) in [5.74, 6) is -0.357. The molecule has 298 valence electrons. The molecule has 0 aromatic heterocycles. The zero-order valence-electron chi connectivity index (χ0n) is 34.2. The van der Waals surface area contributed by atoms with Crippen LogP contribution in [0, 0.1) is 0 Å². The minimum absolute atomic E-state index is 0. The second-order valence-corrected chi connectivity index (χ2v) is 15.9. The molecule has 1 heterocycles. The van der Waals surface area contributed by atoms with E-state index in [1.165, 1.54) is 173 Å². The van der Waals surface area contributed by atoms with Crippen molar-refractivity contribution < 1.29 is 30.9 Å². The van der Waals surface area contributed by atoms with Crippen molar-refractivity contribution in [2.45, 2.75) is 219 Å². The van der Waals surface area contributed by atoms with Crippen molar-refractivity contribution in [1.29, 1.82) is 0 Å². The van der Waals surface area contributed by atoms with E-state index < -0.39 is 0 Å². The topological polar surface area (TPSA) is 44.5 Å². The molecule has 0 saturated carbocycles. The summed E-state index contributed by atoms with van der Waals surface area (Å²) in [6, 6.07) is 0. The Morgan fingerprint density at radius 1 is 0.480 bits per heavy atom. The van der Waals surface area contributed by atoms with E-state index in [0.29, 0.717) is 0 Å². The molecule has 5 heteroatoms. The van der Waals surface area contributed by atoms with E-state index in [9.17, 15) is 0 Å². The summed E-state index contributed by atoms with van der Waals surface area (Å²) in [5, 5.41) is 0. The number of ether oxygens (including phenoxy) is 2. The van der Waals surface area contributed by atoms with Gasteiger partial charge in [0.05, 0.1) is 52.7 Å². The first-order valence-electron chi connectivity index (χ1n) is 22.2. The van der Waals surface area contributed by atoms with Crippen LogP contribution in [0.4, 0.5) is 0 Å². The Kier molecular flexibility index (Phi) is 37.0. The molecule has 0 aromatic rings. The lowest BCUT2D eigenvalue weighted by atomic mass is 10.0. The minimum atomic E-state index is -0.357. The van der Waals surface area contributed by atoms with Crippen LogP contribution in [-0.4, -0.2) is 56.7 Å². The number of likely N-dealkylation sites (tertiary alicyclic amines) is 1. The second kappa shape index (κ2) is 37.1. The Bertz CT molecular complexity index is 689. The number of piperidine rings is 1. The first kappa shape index (κ1) is 49.8. The predicted molar refractivity (Wildman–Crippen MR) is 217 cm³/mol. The number of nitrogens with two attached hydrogens (primary N) is 1. The van der Waals surface area contributed by atoms with E-state index in [2.05, 4.69) is 45.2 Å². The molecule has 4 nitrogen and oxygen atoms in total. The Labute approximate surface area is 324 Å². The van der Waals surface area contributed by atoms with Crippen molar-refractivity contribution in [3.8, 4) is 0 Å².